The van der Waals surface area contributed by atoms with E-state index in [0.717, 1.165) is 6.54 Å². The summed E-state index contributed by atoms with van der Waals surface area (Å²) in [6.07, 6.45) is 9.21. The van der Waals surface area contributed by atoms with E-state index in [2.05, 4.69) is 47.0 Å². The molecule has 2 atom stereocenters. The van der Waals surface area contributed by atoms with Gasteiger partial charge in [0.1, 0.15) is 0 Å². The van der Waals surface area contributed by atoms with Gasteiger partial charge in [-0.25, -0.2) is 0 Å². The largest absolute Gasteiger partial charge is 0.381 e. The first-order chi connectivity index (χ1) is 11.2. The first-order valence-electron chi connectivity index (χ1n) is 8.99. The van der Waals surface area contributed by atoms with Crippen LogP contribution in [0.3, 0.4) is 0 Å². The third-order valence-electron chi connectivity index (χ3n) is 6.15. The molecule has 0 N–H and O–H groups in total. The molecule has 0 radical (unpaired) electrons. The van der Waals surface area contributed by atoms with Crippen molar-refractivity contribution >= 4 is 10.9 Å². The minimum atomic E-state index is 0.420. The van der Waals surface area contributed by atoms with Crippen LogP contribution in [0, 0.1) is 5.41 Å². The van der Waals surface area contributed by atoms with Gasteiger partial charge in [0.15, 0.2) is 0 Å². The van der Waals surface area contributed by atoms with Crippen molar-refractivity contribution in [1.82, 2.24) is 9.47 Å². The average molecular weight is 312 g/mol. The molecule has 1 aliphatic carbocycles. The van der Waals surface area contributed by atoms with Crippen LogP contribution in [0.4, 0.5) is 0 Å². The number of aryl methyl sites for hydroxylation is 1. The summed E-state index contributed by atoms with van der Waals surface area (Å²) >= 11 is 0. The molecule has 1 saturated carbocycles. The highest BCUT2D eigenvalue weighted by molar-refractivity contribution is 5.80. The summed E-state index contributed by atoms with van der Waals surface area (Å²) in [7, 11) is 4.02. The highest BCUT2D eigenvalue weighted by Crippen LogP contribution is 2.46. The summed E-state index contributed by atoms with van der Waals surface area (Å²) in [5, 5.41) is 1.35. The van der Waals surface area contributed by atoms with Crippen molar-refractivity contribution in [2.75, 3.05) is 20.2 Å². The lowest BCUT2D eigenvalue weighted by Gasteiger charge is -2.43. The molecule has 0 bridgehead atoms. The van der Waals surface area contributed by atoms with Gasteiger partial charge in [-0.15, -0.1) is 0 Å². The van der Waals surface area contributed by atoms with Crippen molar-refractivity contribution in [3.63, 3.8) is 0 Å². The second kappa shape index (κ2) is 5.95. The first kappa shape index (κ1) is 15.2. The van der Waals surface area contributed by atoms with Gasteiger partial charge in [0.2, 0.25) is 0 Å². The highest BCUT2D eigenvalue weighted by Gasteiger charge is 2.45. The number of hydrogen-bond donors (Lipinski definition) is 0. The van der Waals surface area contributed by atoms with E-state index >= 15 is 0 Å². The first-order valence-corrected chi connectivity index (χ1v) is 8.99. The molecular weight excluding hydrogens is 284 g/mol. The fraction of sp³-hybridized carbons (Fsp3) is 0.600. The number of benzene rings is 1. The molecule has 3 nitrogen and oxygen atoms in total. The minimum Gasteiger partial charge on any atom is -0.381 e. The van der Waals surface area contributed by atoms with Crippen molar-refractivity contribution < 1.29 is 4.74 Å². The Morgan fingerprint density at radius 1 is 1.22 bits per heavy atom. The molecule has 1 saturated heterocycles. The molecule has 3 heteroatoms. The number of rotatable bonds is 3. The van der Waals surface area contributed by atoms with Gasteiger partial charge in [0.25, 0.3) is 0 Å². The van der Waals surface area contributed by atoms with Gasteiger partial charge >= 0.3 is 0 Å². The van der Waals surface area contributed by atoms with E-state index in [1.165, 1.54) is 61.7 Å². The number of likely N-dealkylation sites (tertiary alicyclic amines) is 1. The van der Waals surface area contributed by atoms with Crippen molar-refractivity contribution in [1.29, 1.82) is 0 Å². The number of methoxy groups -OCH3 is 1. The molecule has 1 spiro atoms. The van der Waals surface area contributed by atoms with Gasteiger partial charge in [-0.3, -0.25) is 4.90 Å². The summed E-state index contributed by atoms with van der Waals surface area (Å²) in [4.78, 5) is 2.66. The van der Waals surface area contributed by atoms with Gasteiger partial charge < -0.3 is 9.30 Å². The van der Waals surface area contributed by atoms with Crippen LogP contribution in [0.5, 0.6) is 0 Å². The van der Waals surface area contributed by atoms with Gasteiger partial charge in [0.05, 0.1) is 6.10 Å². The standard InChI is InChI=1S/C20H28N2O/c1-21-12-8-17-13-16(6-7-18(17)21)14-22-11-4-10-20(15-22)9-3-5-19(20)23-2/h6-8,12-13,19H,3-5,9-11,14-15H2,1-2H3/t19-,20+/m1/s1. The van der Waals surface area contributed by atoms with E-state index in [4.69, 9.17) is 4.74 Å². The van der Waals surface area contributed by atoms with Gasteiger partial charge in [0, 0.05) is 44.4 Å². The SMILES string of the molecule is CO[C@@H]1CCC[C@@]12CCCN(Cc1ccc3c(ccn3C)c1)C2. The number of fused-ring (bicyclic) bond motifs is 1. The van der Waals surface area contributed by atoms with E-state index in [-0.39, 0.29) is 0 Å². The van der Waals surface area contributed by atoms with Crippen LogP contribution in [0.2, 0.25) is 0 Å². The molecule has 1 aliphatic heterocycles. The summed E-state index contributed by atoms with van der Waals surface area (Å²) in [6, 6.07) is 9.14. The van der Waals surface area contributed by atoms with Crippen LogP contribution in [-0.4, -0.2) is 35.8 Å². The van der Waals surface area contributed by atoms with Crippen LogP contribution in [0.1, 0.15) is 37.7 Å². The lowest BCUT2D eigenvalue weighted by molar-refractivity contribution is -0.0366. The number of ether oxygens (including phenoxy) is 1. The van der Waals surface area contributed by atoms with Crippen LogP contribution < -0.4 is 0 Å². The third kappa shape index (κ3) is 2.70. The Bertz CT molecular complexity index is 692. The Kier molecular flexibility index (Phi) is 3.94. The molecular formula is C20H28N2O. The molecule has 2 aromatic rings. The summed E-state index contributed by atoms with van der Waals surface area (Å²) < 4.78 is 8.03. The van der Waals surface area contributed by atoms with Crippen molar-refractivity contribution in [2.45, 2.75) is 44.8 Å². The maximum absolute atomic E-state index is 5.83. The summed E-state index contributed by atoms with van der Waals surface area (Å²) in [6.45, 7) is 3.51. The zero-order valence-electron chi connectivity index (χ0n) is 14.4. The lowest BCUT2D eigenvalue weighted by Crippen LogP contribution is -2.47. The second-order valence-electron chi connectivity index (χ2n) is 7.61. The van der Waals surface area contributed by atoms with Crippen LogP contribution >= 0.6 is 0 Å². The molecule has 124 valence electrons. The normalized spacial score (nSPS) is 28.9. The average Bonchev–Trinajstić information content (AvgIpc) is 3.11. The van der Waals surface area contributed by atoms with E-state index in [9.17, 15) is 0 Å². The fourth-order valence-electron chi connectivity index (χ4n) is 5.02. The van der Waals surface area contributed by atoms with E-state index in [1.807, 2.05) is 7.11 Å². The quantitative estimate of drug-likeness (QED) is 0.853. The minimum absolute atomic E-state index is 0.420. The van der Waals surface area contributed by atoms with Crippen molar-refractivity contribution in [3.05, 3.63) is 36.0 Å². The smallest absolute Gasteiger partial charge is 0.0639 e. The van der Waals surface area contributed by atoms with E-state index in [0.29, 0.717) is 11.5 Å². The molecule has 2 heterocycles. The fourth-order valence-corrected chi connectivity index (χ4v) is 5.02. The number of aromatic nitrogens is 1. The monoisotopic (exact) mass is 312 g/mol. The molecule has 0 amide bonds. The Hall–Kier alpha value is -1.32. The third-order valence-corrected chi connectivity index (χ3v) is 6.15. The zero-order chi connectivity index (χ0) is 15.9. The topological polar surface area (TPSA) is 17.4 Å². The number of nitrogens with zero attached hydrogens (tertiary/aromatic N) is 2. The number of hydrogen-bond acceptors (Lipinski definition) is 2. The number of piperidine rings is 1. The van der Waals surface area contributed by atoms with Crippen LogP contribution in [0.25, 0.3) is 10.9 Å². The van der Waals surface area contributed by atoms with E-state index < -0.39 is 0 Å². The molecule has 0 unspecified atom stereocenters. The summed E-state index contributed by atoms with van der Waals surface area (Å²) in [5.74, 6) is 0. The molecule has 1 aromatic carbocycles. The molecule has 2 aliphatic rings. The Morgan fingerprint density at radius 3 is 2.96 bits per heavy atom. The molecule has 2 fully saturated rings. The van der Waals surface area contributed by atoms with Crippen molar-refractivity contribution in [3.8, 4) is 0 Å². The molecule has 4 rings (SSSR count). The maximum Gasteiger partial charge on any atom is 0.0639 e. The Labute approximate surface area is 139 Å². The van der Waals surface area contributed by atoms with Crippen LogP contribution in [0.15, 0.2) is 30.5 Å². The van der Waals surface area contributed by atoms with E-state index in [1.54, 1.807) is 0 Å². The second-order valence-corrected chi connectivity index (χ2v) is 7.61. The van der Waals surface area contributed by atoms with Crippen LogP contribution in [-0.2, 0) is 18.3 Å². The van der Waals surface area contributed by atoms with Gasteiger partial charge in [-0.2, -0.15) is 0 Å². The predicted octanol–water partition coefficient (Wildman–Crippen LogP) is 3.96. The van der Waals surface area contributed by atoms with Crippen molar-refractivity contribution in [2.24, 2.45) is 12.5 Å². The van der Waals surface area contributed by atoms with Gasteiger partial charge in [-0.05, 0) is 61.4 Å². The van der Waals surface area contributed by atoms with Gasteiger partial charge in [-0.1, -0.05) is 12.5 Å². The Balaban J connectivity index is 1.51. The molecule has 1 aromatic heterocycles. The lowest BCUT2D eigenvalue weighted by atomic mass is 9.76. The predicted molar refractivity (Wildman–Crippen MR) is 94.5 cm³/mol. The highest BCUT2D eigenvalue weighted by atomic mass is 16.5. The maximum atomic E-state index is 5.83. The molecule has 23 heavy (non-hydrogen) atoms. The Morgan fingerprint density at radius 2 is 2.09 bits per heavy atom. The summed E-state index contributed by atoms with van der Waals surface area (Å²) in [5.41, 5.74) is 3.18. The zero-order valence-corrected chi connectivity index (χ0v) is 14.4.